The van der Waals surface area contributed by atoms with Gasteiger partial charge in [-0.3, -0.25) is 4.57 Å². The van der Waals surface area contributed by atoms with Crippen molar-refractivity contribution in [2.24, 2.45) is 0 Å². The number of hydrogen-bond donors (Lipinski definition) is 3. The fourth-order valence-electron chi connectivity index (χ4n) is 1.45. The Bertz CT molecular complexity index is 383. The van der Waals surface area contributed by atoms with E-state index in [0.717, 1.165) is 0 Å². The normalized spacial score (nSPS) is 11.7. The average molecular weight is 230 g/mol. The van der Waals surface area contributed by atoms with Gasteiger partial charge in [0.15, 0.2) is 0 Å². The highest BCUT2D eigenvalue weighted by Gasteiger charge is 2.20. The van der Waals surface area contributed by atoms with Gasteiger partial charge in [-0.2, -0.15) is 0 Å². The van der Waals surface area contributed by atoms with Gasteiger partial charge < -0.3 is 14.9 Å². The van der Waals surface area contributed by atoms with Crippen LogP contribution in [0.1, 0.15) is 25.0 Å². The molecule has 0 spiro atoms. The lowest BCUT2D eigenvalue weighted by molar-refractivity contribution is 0.387. The summed E-state index contributed by atoms with van der Waals surface area (Å²) in [6, 6.07) is 2.74. The smallest absolute Gasteiger partial charge is 0.356 e. The zero-order valence-electron chi connectivity index (χ0n) is 8.77. The Kier molecular flexibility index (Phi) is 3.55. The van der Waals surface area contributed by atoms with Crippen LogP contribution in [0.15, 0.2) is 12.1 Å². The van der Waals surface area contributed by atoms with E-state index in [9.17, 15) is 9.67 Å². The van der Waals surface area contributed by atoms with Gasteiger partial charge in [0.25, 0.3) is 0 Å². The van der Waals surface area contributed by atoms with E-state index in [-0.39, 0.29) is 11.1 Å². The van der Waals surface area contributed by atoms with E-state index in [1.165, 1.54) is 12.1 Å². The van der Waals surface area contributed by atoms with E-state index >= 15 is 0 Å². The predicted molar refractivity (Wildman–Crippen MR) is 58.5 cm³/mol. The molecular formula is C10H15O4P. The number of phenolic OH excluding ortho intramolecular Hbond substituents is 1. The van der Waals surface area contributed by atoms with Crippen molar-refractivity contribution in [3.05, 3.63) is 23.3 Å². The Morgan fingerprint density at radius 1 is 1.13 bits per heavy atom. The van der Waals surface area contributed by atoms with Crippen LogP contribution >= 0.6 is 7.60 Å². The monoisotopic (exact) mass is 230 g/mol. The van der Waals surface area contributed by atoms with E-state index in [1.54, 1.807) is 0 Å². The second-order valence-corrected chi connectivity index (χ2v) is 4.97. The first-order chi connectivity index (χ1) is 6.90. The summed E-state index contributed by atoms with van der Waals surface area (Å²) in [7, 11) is -4.23. The van der Waals surface area contributed by atoms with Crippen molar-refractivity contribution < 1.29 is 19.5 Å². The lowest BCUT2D eigenvalue weighted by Crippen LogP contribution is -2.07. The van der Waals surface area contributed by atoms with E-state index in [4.69, 9.17) is 9.79 Å². The lowest BCUT2D eigenvalue weighted by atomic mass is 10.1. The molecule has 0 radical (unpaired) electrons. The van der Waals surface area contributed by atoms with Gasteiger partial charge in [0.05, 0.1) is 5.30 Å². The Hall–Kier alpha value is -0.830. The molecule has 0 aliphatic rings. The van der Waals surface area contributed by atoms with Gasteiger partial charge in [-0.25, -0.2) is 0 Å². The summed E-state index contributed by atoms with van der Waals surface area (Å²) in [6.07, 6.45) is 1.10. The van der Waals surface area contributed by atoms with Crippen LogP contribution in [0.25, 0.3) is 0 Å². The van der Waals surface area contributed by atoms with Gasteiger partial charge in [-0.15, -0.1) is 0 Å². The molecule has 0 fully saturated rings. The highest BCUT2D eigenvalue weighted by Crippen LogP contribution is 2.36. The number of hydrogen-bond acceptors (Lipinski definition) is 2. The molecule has 0 saturated carbocycles. The molecule has 5 heteroatoms. The molecule has 0 bridgehead atoms. The van der Waals surface area contributed by atoms with Gasteiger partial charge in [0.1, 0.15) is 5.75 Å². The third-order valence-electron chi connectivity index (χ3n) is 2.35. The van der Waals surface area contributed by atoms with Crippen LogP contribution < -0.4 is 5.30 Å². The highest BCUT2D eigenvalue weighted by molar-refractivity contribution is 7.60. The molecule has 0 heterocycles. The summed E-state index contributed by atoms with van der Waals surface area (Å²) >= 11 is 0. The van der Waals surface area contributed by atoms with Crippen molar-refractivity contribution in [1.29, 1.82) is 0 Å². The largest absolute Gasteiger partial charge is 0.507 e. The summed E-state index contributed by atoms with van der Waals surface area (Å²) in [5.41, 5.74) is 1.15. The SMILES string of the molecule is CCc1cc(P(=O)(O)O)cc(CC)c1O. The minimum atomic E-state index is -4.23. The molecule has 0 aromatic heterocycles. The first kappa shape index (κ1) is 12.2. The van der Waals surface area contributed by atoms with Crippen LogP contribution in [-0.2, 0) is 17.4 Å². The lowest BCUT2D eigenvalue weighted by Gasteiger charge is -2.11. The van der Waals surface area contributed by atoms with Crippen LogP contribution in [0, 0.1) is 0 Å². The van der Waals surface area contributed by atoms with Crippen molar-refractivity contribution in [3.8, 4) is 5.75 Å². The van der Waals surface area contributed by atoms with Gasteiger partial charge in [-0.05, 0) is 36.1 Å². The number of rotatable bonds is 3. The minimum Gasteiger partial charge on any atom is -0.507 e. The summed E-state index contributed by atoms with van der Waals surface area (Å²) in [5, 5.41) is 9.71. The molecule has 0 aliphatic carbocycles. The van der Waals surface area contributed by atoms with Crippen molar-refractivity contribution in [2.75, 3.05) is 0 Å². The zero-order chi connectivity index (χ0) is 11.6. The van der Waals surface area contributed by atoms with Gasteiger partial charge in [0.2, 0.25) is 0 Å². The molecule has 3 N–H and O–H groups in total. The molecule has 0 saturated heterocycles. The van der Waals surface area contributed by atoms with Crippen LogP contribution in [0.2, 0.25) is 0 Å². The number of aromatic hydroxyl groups is 1. The number of benzene rings is 1. The maximum absolute atomic E-state index is 11.1. The van der Waals surface area contributed by atoms with Gasteiger partial charge >= 0.3 is 7.60 Å². The van der Waals surface area contributed by atoms with E-state index < -0.39 is 7.60 Å². The summed E-state index contributed by atoms with van der Waals surface area (Å²) in [6.45, 7) is 3.66. The molecule has 84 valence electrons. The molecule has 1 rings (SSSR count). The average Bonchev–Trinajstić information content (AvgIpc) is 2.16. The first-order valence-corrected chi connectivity index (χ1v) is 6.42. The topological polar surface area (TPSA) is 77.8 Å². The van der Waals surface area contributed by atoms with E-state index in [2.05, 4.69) is 0 Å². The van der Waals surface area contributed by atoms with Crippen molar-refractivity contribution in [1.82, 2.24) is 0 Å². The van der Waals surface area contributed by atoms with Crippen LogP contribution in [-0.4, -0.2) is 14.9 Å². The molecule has 0 aliphatic heterocycles. The van der Waals surface area contributed by atoms with Crippen LogP contribution in [0.4, 0.5) is 0 Å². The number of phenols is 1. The van der Waals surface area contributed by atoms with Crippen LogP contribution in [0.3, 0.4) is 0 Å². The van der Waals surface area contributed by atoms with Crippen LogP contribution in [0.5, 0.6) is 5.75 Å². The van der Waals surface area contributed by atoms with Gasteiger partial charge in [0, 0.05) is 0 Å². The third-order valence-corrected chi connectivity index (χ3v) is 3.28. The molecular weight excluding hydrogens is 215 g/mol. The summed E-state index contributed by atoms with van der Waals surface area (Å²) in [4.78, 5) is 18.1. The van der Waals surface area contributed by atoms with Crippen molar-refractivity contribution in [3.63, 3.8) is 0 Å². The molecule has 1 aromatic carbocycles. The highest BCUT2D eigenvalue weighted by atomic mass is 31.2. The fourth-order valence-corrected chi connectivity index (χ4v) is 2.10. The van der Waals surface area contributed by atoms with Crippen molar-refractivity contribution in [2.45, 2.75) is 26.7 Å². The maximum Gasteiger partial charge on any atom is 0.356 e. The zero-order valence-corrected chi connectivity index (χ0v) is 9.66. The molecule has 0 atom stereocenters. The molecule has 1 aromatic rings. The first-order valence-electron chi connectivity index (χ1n) is 4.81. The summed E-state index contributed by atoms with van der Waals surface area (Å²) < 4.78 is 11.1. The minimum absolute atomic E-state index is 0.0194. The molecule has 0 unspecified atom stereocenters. The van der Waals surface area contributed by atoms with E-state index in [0.29, 0.717) is 24.0 Å². The Morgan fingerprint density at radius 3 is 1.80 bits per heavy atom. The Labute approximate surface area is 88.7 Å². The van der Waals surface area contributed by atoms with Crippen molar-refractivity contribution >= 4 is 12.9 Å². The Balaban J connectivity index is 3.40. The fraction of sp³-hybridized carbons (Fsp3) is 0.400. The standard InChI is InChI=1S/C10H15O4P/c1-3-7-5-9(15(12,13)14)6-8(4-2)10(7)11/h5-6,11H,3-4H2,1-2H3,(H2,12,13,14). The summed E-state index contributed by atoms with van der Waals surface area (Å²) in [5.74, 6) is 0.150. The van der Waals surface area contributed by atoms with E-state index in [1.807, 2.05) is 13.8 Å². The number of aryl methyl sites for hydroxylation is 2. The van der Waals surface area contributed by atoms with Gasteiger partial charge in [-0.1, -0.05) is 13.8 Å². The molecule has 0 amide bonds. The third kappa shape index (κ3) is 2.59. The Morgan fingerprint density at radius 2 is 1.53 bits per heavy atom. The molecule has 15 heavy (non-hydrogen) atoms. The quantitative estimate of drug-likeness (QED) is 0.684. The second kappa shape index (κ2) is 4.35. The molecule has 4 nitrogen and oxygen atoms in total. The predicted octanol–water partition coefficient (Wildman–Crippen LogP) is 1.32. The second-order valence-electron chi connectivity index (χ2n) is 3.36. The maximum atomic E-state index is 11.1.